The van der Waals surface area contributed by atoms with Crippen molar-refractivity contribution in [3.8, 4) is 16.9 Å². The first-order valence-corrected chi connectivity index (χ1v) is 7.33. The molecule has 3 heteroatoms. The number of nitrogens with one attached hydrogen (secondary N) is 1. The van der Waals surface area contributed by atoms with Crippen LogP contribution in [0.3, 0.4) is 0 Å². The van der Waals surface area contributed by atoms with Crippen LogP contribution in [0.1, 0.15) is 19.3 Å². The summed E-state index contributed by atoms with van der Waals surface area (Å²) in [5.74, 6) is 0.979. The van der Waals surface area contributed by atoms with Gasteiger partial charge in [-0.2, -0.15) is 0 Å². The fourth-order valence-electron chi connectivity index (χ4n) is 2.21. The van der Waals surface area contributed by atoms with Gasteiger partial charge in [0.1, 0.15) is 5.75 Å². The molecule has 0 aliphatic rings. The molecule has 0 aromatic heterocycles. The maximum absolute atomic E-state index is 5.95. The second-order valence-corrected chi connectivity index (χ2v) is 4.87. The molecule has 0 saturated carbocycles. The SMILES string of the molecule is CNCCCCCOc1ccccc1-c1ccccc1.Cl. The maximum atomic E-state index is 5.95. The molecule has 21 heavy (non-hydrogen) atoms. The monoisotopic (exact) mass is 305 g/mol. The minimum atomic E-state index is 0. The van der Waals surface area contributed by atoms with Crippen LogP contribution in [0.25, 0.3) is 11.1 Å². The zero-order chi connectivity index (χ0) is 14.0. The standard InChI is InChI=1S/C18H23NO.ClH/c1-19-14-8-3-9-15-20-18-13-7-6-12-17(18)16-10-4-2-5-11-16;/h2,4-7,10-13,19H,3,8-9,14-15H2,1H3;1H. The molecule has 0 aliphatic carbocycles. The molecule has 0 fully saturated rings. The van der Waals surface area contributed by atoms with Gasteiger partial charge in [-0.1, -0.05) is 48.5 Å². The van der Waals surface area contributed by atoms with Crippen LogP contribution in [-0.2, 0) is 0 Å². The average molecular weight is 306 g/mol. The van der Waals surface area contributed by atoms with Crippen molar-refractivity contribution in [1.82, 2.24) is 5.32 Å². The van der Waals surface area contributed by atoms with Crippen LogP contribution in [0.5, 0.6) is 5.75 Å². The Morgan fingerprint density at radius 2 is 1.57 bits per heavy atom. The summed E-state index contributed by atoms with van der Waals surface area (Å²) in [7, 11) is 1.99. The molecule has 114 valence electrons. The lowest BCUT2D eigenvalue weighted by molar-refractivity contribution is 0.306. The van der Waals surface area contributed by atoms with E-state index in [0.29, 0.717) is 0 Å². The van der Waals surface area contributed by atoms with Gasteiger partial charge in [-0.15, -0.1) is 12.4 Å². The van der Waals surface area contributed by atoms with Crippen LogP contribution in [0.2, 0.25) is 0 Å². The Bertz CT molecular complexity index is 502. The summed E-state index contributed by atoms with van der Waals surface area (Å²) < 4.78 is 5.95. The van der Waals surface area contributed by atoms with Crippen molar-refractivity contribution in [3.63, 3.8) is 0 Å². The van der Waals surface area contributed by atoms with Gasteiger partial charge in [0.15, 0.2) is 0 Å². The minimum absolute atomic E-state index is 0. The minimum Gasteiger partial charge on any atom is -0.493 e. The summed E-state index contributed by atoms with van der Waals surface area (Å²) in [6.45, 7) is 1.87. The molecule has 2 rings (SSSR count). The number of rotatable bonds is 8. The maximum Gasteiger partial charge on any atom is 0.127 e. The lowest BCUT2D eigenvalue weighted by atomic mass is 10.1. The summed E-state index contributed by atoms with van der Waals surface area (Å²) in [4.78, 5) is 0. The normalized spacial score (nSPS) is 9.95. The molecule has 0 unspecified atom stereocenters. The van der Waals surface area contributed by atoms with Crippen molar-refractivity contribution in [3.05, 3.63) is 54.6 Å². The van der Waals surface area contributed by atoms with Gasteiger partial charge >= 0.3 is 0 Å². The first-order valence-electron chi connectivity index (χ1n) is 7.33. The second kappa shape index (κ2) is 10.3. The van der Waals surface area contributed by atoms with E-state index in [-0.39, 0.29) is 12.4 Å². The Labute approximate surface area is 133 Å². The van der Waals surface area contributed by atoms with Gasteiger partial charge in [-0.05, 0) is 44.5 Å². The van der Waals surface area contributed by atoms with Crippen molar-refractivity contribution >= 4 is 12.4 Å². The number of hydrogen-bond donors (Lipinski definition) is 1. The molecule has 2 nitrogen and oxygen atoms in total. The first kappa shape index (κ1) is 17.5. The number of benzene rings is 2. The van der Waals surface area contributed by atoms with E-state index in [4.69, 9.17) is 4.74 Å². The number of halogens is 1. The molecule has 2 aromatic rings. The lowest BCUT2D eigenvalue weighted by Gasteiger charge is -2.11. The van der Waals surface area contributed by atoms with Gasteiger partial charge in [-0.3, -0.25) is 0 Å². The number of unbranched alkanes of at least 4 members (excludes halogenated alkanes) is 2. The summed E-state index contributed by atoms with van der Waals surface area (Å²) in [5, 5.41) is 3.17. The predicted molar refractivity (Wildman–Crippen MR) is 92.4 cm³/mol. The Hall–Kier alpha value is -1.51. The molecule has 0 aliphatic heterocycles. The van der Waals surface area contributed by atoms with Crippen molar-refractivity contribution < 1.29 is 4.74 Å². The third kappa shape index (κ3) is 5.78. The van der Waals surface area contributed by atoms with Gasteiger partial charge in [-0.25, -0.2) is 0 Å². The second-order valence-electron chi connectivity index (χ2n) is 4.87. The molecule has 0 spiro atoms. The van der Waals surface area contributed by atoms with Crippen LogP contribution >= 0.6 is 12.4 Å². The number of hydrogen-bond acceptors (Lipinski definition) is 2. The van der Waals surface area contributed by atoms with Crippen LogP contribution < -0.4 is 10.1 Å². The van der Waals surface area contributed by atoms with Crippen molar-refractivity contribution in [2.45, 2.75) is 19.3 Å². The zero-order valence-electron chi connectivity index (χ0n) is 12.5. The zero-order valence-corrected chi connectivity index (χ0v) is 13.4. The van der Waals surface area contributed by atoms with Gasteiger partial charge in [0.2, 0.25) is 0 Å². The quantitative estimate of drug-likeness (QED) is 0.723. The smallest absolute Gasteiger partial charge is 0.127 e. The van der Waals surface area contributed by atoms with E-state index in [2.05, 4.69) is 47.8 Å². The van der Waals surface area contributed by atoms with E-state index in [0.717, 1.165) is 25.3 Å². The molecule has 2 aromatic carbocycles. The van der Waals surface area contributed by atoms with Crippen LogP contribution in [0.4, 0.5) is 0 Å². The van der Waals surface area contributed by atoms with Crippen LogP contribution in [0.15, 0.2) is 54.6 Å². The Kier molecular flexibility index (Phi) is 8.56. The van der Waals surface area contributed by atoms with Crippen molar-refractivity contribution in [1.29, 1.82) is 0 Å². The third-order valence-corrected chi connectivity index (χ3v) is 3.30. The fourth-order valence-corrected chi connectivity index (χ4v) is 2.21. The highest BCUT2D eigenvalue weighted by Crippen LogP contribution is 2.29. The van der Waals surface area contributed by atoms with Gasteiger partial charge in [0.05, 0.1) is 6.61 Å². The van der Waals surface area contributed by atoms with Crippen molar-refractivity contribution in [2.24, 2.45) is 0 Å². The summed E-state index contributed by atoms with van der Waals surface area (Å²) in [5.41, 5.74) is 2.38. The molecule has 0 bridgehead atoms. The van der Waals surface area contributed by atoms with Crippen LogP contribution in [-0.4, -0.2) is 20.2 Å². The highest BCUT2D eigenvalue weighted by atomic mass is 35.5. The van der Waals surface area contributed by atoms with E-state index in [1.807, 2.05) is 19.2 Å². The topological polar surface area (TPSA) is 21.3 Å². The van der Waals surface area contributed by atoms with Gasteiger partial charge < -0.3 is 10.1 Å². The molecule has 1 N–H and O–H groups in total. The molecule has 0 atom stereocenters. The molecule has 0 radical (unpaired) electrons. The van der Waals surface area contributed by atoms with E-state index in [1.165, 1.54) is 24.0 Å². The average Bonchev–Trinajstić information content (AvgIpc) is 2.52. The van der Waals surface area contributed by atoms with Crippen LogP contribution in [0, 0.1) is 0 Å². The Balaban J connectivity index is 0.00000220. The Morgan fingerprint density at radius 1 is 0.857 bits per heavy atom. The predicted octanol–water partition coefficient (Wildman–Crippen LogP) is 4.54. The molecular formula is C18H24ClNO. The van der Waals surface area contributed by atoms with E-state index in [1.54, 1.807) is 0 Å². The molecule has 0 amide bonds. The molecule has 0 heterocycles. The molecular weight excluding hydrogens is 282 g/mol. The third-order valence-electron chi connectivity index (χ3n) is 3.30. The van der Waals surface area contributed by atoms with Crippen molar-refractivity contribution in [2.75, 3.05) is 20.2 Å². The highest BCUT2D eigenvalue weighted by molar-refractivity contribution is 5.85. The lowest BCUT2D eigenvalue weighted by Crippen LogP contribution is -2.08. The summed E-state index contributed by atoms with van der Waals surface area (Å²) >= 11 is 0. The Morgan fingerprint density at radius 3 is 2.33 bits per heavy atom. The van der Waals surface area contributed by atoms with Gasteiger partial charge in [0.25, 0.3) is 0 Å². The first-order chi connectivity index (χ1) is 9.92. The van der Waals surface area contributed by atoms with E-state index in [9.17, 15) is 0 Å². The van der Waals surface area contributed by atoms with E-state index >= 15 is 0 Å². The summed E-state index contributed by atoms with van der Waals surface area (Å²) in [6.07, 6.45) is 3.51. The summed E-state index contributed by atoms with van der Waals surface area (Å²) in [6, 6.07) is 18.7. The van der Waals surface area contributed by atoms with E-state index < -0.39 is 0 Å². The van der Waals surface area contributed by atoms with Gasteiger partial charge in [0, 0.05) is 5.56 Å². The molecule has 0 saturated heterocycles. The number of ether oxygens (including phenoxy) is 1. The largest absolute Gasteiger partial charge is 0.493 e. The number of para-hydroxylation sites is 1. The highest BCUT2D eigenvalue weighted by Gasteiger charge is 2.04. The fraction of sp³-hybridized carbons (Fsp3) is 0.333.